The van der Waals surface area contributed by atoms with Crippen molar-refractivity contribution in [2.75, 3.05) is 19.6 Å². The number of rotatable bonds is 0. The van der Waals surface area contributed by atoms with E-state index in [-0.39, 0.29) is 5.54 Å². The van der Waals surface area contributed by atoms with Gasteiger partial charge in [0, 0.05) is 19.5 Å². The number of carbonyl (C=O) groups is 1. The molecule has 2 atom stereocenters. The first-order valence-corrected chi connectivity index (χ1v) is 4.84. The molecule has 0 radical (unpaired) electrons. The summed E-state index contributed by atoms with van der Waals surface area (Å²) >= 11 is 0. The molecule has 3 rings (SSSR count). The summed E-state index contributed by atoms with van der Waals surface area (Å²) in [5.74, 6) is 1.06. The van der Waals surface area contributed by atoms with Gasteiger partial charge < -0.3 is 10.2 Å². The topological polar surface area (TPSA) is 32.3 Å². The number of carbonyl (C=O) groups excluding carboxylic acids is 1. The third kappa shape index (κ3) is 0.600. The summed E-state index contributed by atoms with van der Waals surface area (Å²) in [4.78, 5) is 13.6. The van der Waals surface area contributed by atoms with Crippen molar-refractivity contribution in [3.05, 3.63) is 0 Å². The maximum absolute atomic E-state index is 11.5. The standard InChI is InChI=1S/C9H14N2O/c12-8-5-7-1-4-11(8)9(7)2-3-10-6-9/h7,10H,1-6H2. The van der Waals surface area contributed by atoms with Crippen molar-refractivity contribution in [3.8, 4) is 0 Å². The predicted molar refractivity (Wildman–Crippen MR) is 44.7 cm³/mol. The molecule has 1 spiro atoms. The van der Waals surface area contributed by atoms with Gasteiger partial charge in [-0.15, -0.1) is 0 Å². The number of nitrogens with one attached hydrogen (secondary N) is 1. The molecule has 1 N–H and O–H groups in total. The zero-order valence-electron chi connectivity index (χ0n) is 7.18. The summed E-state index contributed by atoms with van der Waals surface area (Å²) in [7, 11) is 0. The van der Waals surface area contributed by atoms with Gasteiger partial charge in [0.15, 0.2) is 0 Å². The van der Waals surface area contributed by atoms with Gasteiger partial charge in [0.25, 0.3) is 0 Å². The molecule has 2 bridgehead atoms. The van der Waals surface area contributed by atoms with E-state index in [1.165, 1.54) is 12.8 Å². The Bertz CT molecular complexity index is 233. The Morgan fingerprint density at radius 1 is 1.58 bits per heavy atom. The lowest BCUT2D eigenvalue weighted by atomic mass is 9.85. The van der Waals surface area contributed by atoms with Gasteiger partial charge in [-0.3, -0.25) is 4.79 Å². The Balaban J connectivity index is 2.00. The van der Waals surface area contributed by atoms with Gasteiger partial charge in [0.1, 0.15) is 0 Å². The van der Waals surface area contributed by atoms with Gasteiger partial charge in [-0.25, -0.2) is 0 Å². The molecule has 0 aromatic rings. The van der Waals surface area contributed by atoms with Crippen LogP contribution in [-0.2, 0) is 4.79 Å². The molecule has 0 aromatic carbocycles. The Kier molecular flexibility index (Phi) is 1.16. The van der Waals surface area contributed by atoms with Gasteiger partial charge >= 0.3 is 0 Å². The molecular formula is C9H14N2O. The van der Waals surface area contributed by atoms with Crippen LogP contribution < -0.4 is 5.32 Å². The highest BCUT2D eigenvalue weighted by atomic mass is 16.2. The number of piperidine rings is 1. The van der Waals surface area contributed by atoms with E-state index in [2.05, 4.69) is 10.2 Å². The number of hydrogen-bond acceptors (Lipinski definition) is 2. The Morgan fingerprint density at radius 2 is 2.50 bits per heavy atom. The molecule has 3 fully saturated rings. The van der Waals surface area contributed by atoms with Crippen LogP contribution in [-0.4, -0.2) is 36.0 Å². The van der Waals surface area contributed by atoms with E-state index in [0.29, 0.717) is 11.8 Å². The van der Waals surface area contributed by atoms with Gasteiger partial charge in [-0.05, 0) is 25.3 Å². The van der Waals surface area contributed by atoms with E-state index in [0.717, 1.165) is 26.1 Å². The van der Waals surface area contributed by atoms with Crippen LogP contribution in [0.1, 0.15) is 19.3 Å². The molecule has 3 aliphatic heterocycles. The third-order valence-corrected chi connectivity index (χ3v) is 3.89. The average molecular weight is 166 g/mol. The molecule has 12 heavy (non-hydrogen) atoms. The van der Waals surface area contributed by atoms with Crippen LogP contribution in [0, 0.1) is 5.92 Å². The van der Waals surface area contributed by atoms with Gasteiger partial charge in [0.2, 0.25) is 5.91 Å². The zero-order valence-corrected chi connectivity index (χ0v) is 7.18. The van der Waals surface area contributed by atoms with Crippen LogP contribution in [0.3, 0.4) is 0 Å². The van der Waals surface area contributed by atoms with Crippen LogP contribution in [0.15, 0.2) is 0 Å². The number of nitrogens with zero attached hydrogens (tertiary/aromatic N) is 1. The van der Waals surface area contributed by atoms with Crippen molar-refractivity contribution in [1.29, 1.82) is 0 Å². The molecule has 66 valence electrons. The smallest absolute Gasteiger partial charge is 0.223 e. The summed E-state index contributed by atoms with van der Waals surface area (Å²) in [6, 6.07) is 0. The highest BCUT2D eigenvalue weighted by Crippen LogP contribution is 2.47. The second-order valence-electron chi connectivity index (χ2n) is 4.27. The summed E-state index contributed by atoms with van der Waals surface area (Å²) in [6.07, 6.45) is 3.25. The van der Waals surface area contributed by atoms with Crippen molar-refractivity contribution < 1.29 is 4.79 Å². The van der Waals surface area contributed by atoms with Crippen LogP contribution in [0.4, 0.5) is 0 Å². The summed E-state index contributed by atoms with van der Waals surface area (Å²) in [5.41, 5.74) is 0.261. The fourth-order valence-corrected chi connectivity index (χ4v) is 3.26. The number of hydrogen-bond donors (Lipinski definition) is 1. The average Bonchev–Trinajstić information content (AvgIpc) is 2.70. The molecule has 0 aliphatic carbocycles. The highest BCUT2D eigenvalue weighted by Gasteiger charge is 2.57. The molecule has 3 nitrogen and oxygen atoms in total. The maximum Gasteiger partial charge on any atom is 0.223 e. The maximum atomic E-state index is 11.5. The first kappa shape index (κ1) is 6.89. The highest BCUT2D eigenvalue weighted by molar-refractivity contribution is 5.81. The summed E-state index contributed by atoms with van der Waals surface area (Å²) in [6.45, 7) is 3.16. The zero-order chi connectivity index (χ0) is 8.18. The quantitative estimate of drug-likeness (QED) is 0.548. The molecule has 2 unspecified atom stereocenters. The van der Waals surface area contributed by atoms with Crippen molar-refractivity contribution >= 4 is 5.91 Å². The molecule has 3 heteroatoms. The summed E-state index contributed by atoms with van der Waals surface area (Å²) in [5, 5.41) is 3.38. The first-order valence-electron chi connectivity index (χ1n) is 4.84. The first-order chi connectivity index (χ1) is 5.83. The van der Waals surface area contributed by atoms with Crippen molar-refractivity contribution in [3.63, 3.8) is 0 Å². The molecule has 3 heterocycles. The Hall–Kier alpha value is -0.570. The molecular weight excluding hydrogens is 152 g/mol. The van der Waals surface area contributed by atoms with Crippen LogP contribution >= 0.6 is 0 Å². The minimum absolute atomic E-state index is 0.261. The fourth-order valence-electron chi connectivity index (χ4n) is 3.26. The third-order valence-electron chi connectivity index (χ3n) is 3.89. The molecule has 3 aliphatic rings. The molecule has 0 saturated carbocycles. The van der Waals surface area contributed by atoms with E-state index in [4.69, 9.17) is 0 Å². The molecule has 0 aromatic heterocycles. The second-order valence-corrected chi connectivity index (χ2v) is 4.27. The van der Waals surface area contributed by atoms with E-state index in [1.54, 1.807) is 0 Å². The van der Waals surface area contributed by atoms with E-state index in [1.807, 2.05) is 0 Å². The van der Waals surface area contributed by atoms with Crippen LogP contribution in [0.5, 0.6) is 0 Å². The summed E-state index contributed by atoms with van der Waals surface area (Å²) < 4.78 is 0. The minimum atomic E-state index is 0.261. The van der Waals surface area contributed by atoms with Gasteiger partial charge in [0.05, 0.1) is 5.54 Å². The Morgan fingerprint density at radius 3 is 3.00 bits per heavy atom. The van der Waals surface area contributed by atoms with E-state index in [9.17, 15) is 4.79 Å². The van der Waals surface area contributed by atoms with Crippen molar-refractivity contribution in [1.82, 2.24) is 10.2 Å². The van der Waals surface area contributed by atoms with Gasteiger partial charge in [-0.1, -0.05) is 0 Å². The van der Waals surface area contributed by atoms with Crippen LogP contribution in [0.25, 0.3) is 0 Å². The fraction of sp³-hybridized carbons (Fsp3) is 0.889. The largest absolute Gasteiger partial charge is 0.335 e. The lowest BCUT2D eigenvalue weighted by Gasteiger charge is -2.30. The second kappa shape index (κ2) is 2.02. The normalized spacial score (nSPS) is 45.2. The predicted octanol–water partition coefficient (Wildman–Crippen LogP) is -0.0293. The molecule has 3 saturated heterocycles. The Labute approximate surface area is 72.1 Å². The lowest BCUT2D eigenvalue weighted by Crippen LogP contribution is -2.45. The minimum Gasteiger partial charge on any atom is -0.335 e. The number of amides is 1. The van der Waals surface area contributed by atoms with Gasteiger partial charge in [-0.2, -0.15) is 0 Å². The van der Waals surface area contributed by atoms with Crippen molar-refractivity contribution in [2.24, 2.45) is 5.92 Å². The van der Waals surface area contributed by atoms with E-state index < -0.39 is 0 Å². The van der Waals surface area contributed by atoms with Crippen LogP contribution in [0.2, 0.25) is 0 Å². The lowest BCUT2D eigenvalue weighted by molar-refractivity contribution is -0.130. The molecule has 1 amide bonds. The van der Waals surface area contributed by atoms with E-state index >= 15 is 0 Å². The monoisotopic (exact) mass is 166 g/mol. The van der Waals surface area contributed by atoms with Crippen molar-refractivity contribution in [2.45, 2.75) is 24.8 Å². The SMILES string of the molecule is O=C1CC2CCN1C21CCNC1.